The number of hydrogen-bond acceptors (Lipinski definition) is 6. The van der Waals surface area contributed by atoms with Gasteiger partial charge in [0.1, 0.15) is 11.7 Å². The smallest absolute Gasteiger partial charge is 0.320 e. The first-order valence-electron chi connectivity index (χ1n) is 5.68. The number of nitrogens with zero attached hydrogens (tertiary/aromatic N) is 4. The van der Waals surface area contributed by atoms with Crippen molar-refractivity contribution in [2.45, 2.75) is 19.4 Å². The Bertz CT molecular complexity index is 585. The zero-order valence-corrected chi connectivity index (χ0v) is 10.3. The number of aromatic nitrogens is 4. The van der Waals surface area contributed by atoms with E-state index >= 15 is 0 Å². The summed E-state index contributed by atoms with van der Waals surface area (Å²) in [4.78, 5) is 10.7. The van der Waals surface area contributed by atoms with Crippen LogP contribution in [0.3, 0.4) is 0 Å². The Morgan fingerprint density at radius 1 is 1.26 bits per heavy atom. The number of carboxylic acids is 1. The molecule has 0 aliphatic heterocycles. The number of benzene rings is 1. The lowest BCUT2D eigenvalue weighted by Gasteiger charge is -2.07. The molecule has 0 bridgehead atoms. The van der Waals surface area contributed by atoms with Gasteiger partial charge in [-0.15, -0.1) is 10.2 Å². The fourth-order valence-electron chi connectivity index (χ4n) is 1.68. The molecule has 0 aliphatic carbocycles. The van der Waals surface area contributed by atoms with E-state index in [1.165, 1.54) is 0 Å². The van der Waals surface area contributed by atoms with Crippen LogP contribution in [0.15, 0.2) is 24.3 Å². The molecule has 1 heterocycles. The molecule has 0 amide bonds. The van der Waals surface area contributed by atoms with Gasteiger partial charge in [0, 0.05) is 5.56 Å². The maximum Gasteiger partial charge on any atom is 0.320 e. The van der Waals surface area contributed by atoms with Crippen molar-refractivity contribution in [1.82, 2.24) is 20.6 Å². The predicted octanol–water partition coefficient (Wildman–Crippen LogP) is 0.196. The molecule has 3 N–H and O–H groups in total. The molecule has 1 aromatic heterocycles. The molecule has 1 aromatic carbocycles. The number of carboxylic acid groups (broad SMARTS) is 1. The summed E-state index contributed by atoms with van der Waals surface area (Å²) in [7, 11) is 0. The van der Waals surface area contributed by atoms with Crippen LogP contribution in [-0.4, -0.2) is 37.7 Å². The van der Waals surface area contributed by atoms with Crippen LogP contribution < -0.4 is 5.73 Å². The summed E-state index contributed by atoms with van der Waals surface area (Å²) >= 11 is 0. The van der Waals surface area contributed by atoms with E-state index in [4.69, 9.17) is 10.8 Å². The van der Waals surface area contributed by atoms with Gasteiger partial charge in [-0.3, -0.25) is 4.79 Å². The van der Waals surface area contributed by atoms with E-state index in [1.807, 2.05) is 24.3 Å². The summed E-state index contributed by atoms with van der Waals surface area (Å²) in [6.07, 6.45) is 0.287. The standard InChI is InChI=1S/C12H13N5O2/c1-7-11(15-17-16-14-7)9-4-2-8(3-5-9)6-10(13)12(18)19/h2-5,10H,6,13H2,1H3,(H,18,19)/t10-/m0/s1. The molecule has 0 saturated carbocycles. The molecule has 2 aromatic rings. The second kappa shape index (κ2) is 5.49. The third-order valence-electron chi connectivity index (χ3n) is 2.72. The average molecular weight is 259 g/mol. The van der Waals surface area contributed by atoms with Crippen molar-refractivity contribution in [3.63, 3.8) is 0 Å². The lowest BCUT2D eigenvalue weighted by molar-refractivity contribution is -0.138. The van der Waals surface area contributed by atoms with Crippen LogP contribution >= 0.6 is 0 Å². The van der Waals surface area contributed by atoms with Crippen molar-refractivity contribution in [2.24, 2.45) is 5.73 Å². The summed E-state index contributed by atoms with van der Waals surface area (Å²) in [5.74, 6) is -1.01. The Labute approximate surface area is 109 Å². The van der Waals surface area contributed by atoms with Gasteiger partial charge in [-0.2, -0.15) is 0 Å². The molecule has 0 spiro atoms. The van der Waals surface area contributed by atoms with E-state index in [2.05, 4.69) is 20.6 Å². The Balaban J connectivity index is 2.19. The van der Waals surface area contributed by atoms with Gasteiger partial charge in [0.15, 0.2) is 0 Å². The minimum Gasteiger partial charge on any atom is -0.480 e. The van der Waals surface area contributed by atoms with E-state index in [-0.39, 0.29) is 6.42 Å². The molecule has 19 heavy (non-hydrogen) atoms. The first-order chi connectivity index (χ1) is 9.08. The quantitative estimate of drug-likeness (QED) is 0.805. The summed E-state index contributed by atoms with van der Waals surface area (Å²) < 4.78 is 0. The van der Waals surface area contributed by atoms with Crippen molar-refractivity contribution in [2.75, 3.05) is 0 Å². The number of aliphatic carboxylic acids is 1. The topological polar surface area (TPSA) is 115 Å². The molecular formula is C12H13N5O2. The molecule has 0 radical (unpaired) electrons. The number of nitrogens with two attached hydrogens (primary N) is 1. The van der Waals surface area contributed by atoms with Crippen molar-refractivity contribution >= 4 is 5.97 Å². The minimum atomic E-state index is -1.01. The van der Waals surface area contributed by atoms with Crippen molar-refractivity contribution < 1.29 is 9.90 Å². The number of aryl methyl sites for hydroxylation is 1. The van der Waals surface area contributed by atoms with Crippen LogP contribution in [0.2, 0.25) is 0 Å². The summed E-state index contributed by atoms with van der Waals surface area (Å²) in [6, 6.07) is 6.42. The van der Waals surface area contributed by atoms with Gasteiger partial charge in [0.2, 0.25) is 0 Å². The van der Waals surface area contributed by atoms with Crippen LogP contribution in [0.1, 0.15) is 11.3 Å². The van der Waals surface area contributed by atoms with Crippen molar-refractivity contribution in [3.8, 4) is 11.3 Å². The van der Waals surface area contributed by atoms with Crippen molar-refractivity contribution in [3.05, 3.63) is 35.5 Å². The Kier molecular flexibility index (Phi) is 3.76. The summed E-state index contributed by atoms with van der Waals surface area (Å²) in [6.45, 7) is 1.80. The third-order valence-corrected chi connectivity index (χ3v) is 2.72. The van der Waals surface area contributed by atoms with E-state index in [0.717, 1.165) is 11.1 Å². The zero-order chi connectivity index (χ0) is 13.8. The minimum absolute atomic E-state index is 0.287. The molecular weight excluding hydrogens is 246 g/mol. The number of rotatable bonds is 4. The predicted molar refractivity (Wildman–Crippen MR) is 67.1 cm³/mol. The monoisotopic (exact) mass is 259 g/mol. The zero-order valence-electron chi connectivity index (χ0n) is 10.3. The SMILES string of the molecule is Cc1nnnnc1-c1ccc(C[C@H](N)C(=O)O)cc1. The largest absolute Gasteiger partial charge is 0.480 e. The normalized spacial score (nSPS) is 12.1. The highest BCUT2D eigenvalue weighted by atomic mass is 16.4. The Hall–Kier alpha value is -2.41. The maximum atomic E-state index is 10.7. The van der Waals surface area contributed by atoms with Crippen LogP contribution in [0.25, 0.3) is 11.3 Å². The molecule has 7 heteroatoms. The molecule has 0 saturated heterocycles. The van der Waals surface area contributed by atoms with Gasteiger partial charge in [-0.25, -0.2) is 0 Å². The number of hydrogen-bond donors (Lipinski definition) is 2. The number of carbonyl (C=O) groups is 1. The fourth-order valence-corrected chi connectivity index (χ4v) is 1.68. The van der Waals surface area contributed by atoms with Gasteiger partial charge in [0.25, 0.3) is 0 Å². The van der Waals surface area contributed by atoms with E-state index in [0.29, 0.717) is 11.4 Å². The summed E-state index contributed by atoms with van der Waals surface area (Å²) in [5.41, 5.74) is 8.53. The summed E-state index contributed by atoms with van der Waals surface area (Å²) in [5, 5.41) is 23.5. The first-order valence-corrected chi connectivity index (χ1v) is 5.68. The lowest BCUT2D eigenvalue weighted by Crippen LogP contribution is -2.32. The van der Waals surface area contributed by atoms with E-state index < -0.39 is 12.0 Å². The Morgan fingerprint density at radius 3 is 2.47 bits per heavy atom. The van der Waals surface area contributed by atoms with Gasteiger partial charge in [-0.05, 0) is 29.3 Å². The van der Waals surface area contributed by atoms with Gasteiger partial charge >= 0.3 is 5.97 Å². The molecule has 0 fully saturated rings. The second-order valence-corrected chi connectivity index (χ2v) is 4.16. The van der Waals surface area contributed by atoms with Crippen LogP contribution in [0.4, 0.5) is 0 Å². The molecule has 7 nitrogen and oxygen atoms in total. The Morgan fingerprint density at radius 2 is 1.89 bits per heavy atom. The van der Waals surface area contributed by atoms with Gasteiger partial charge in [0.05, 0.1) is 5.69 Å². The molecule has 0 unspecified atom stereocenters. The fraction of sp³-hybridized carbons (Fsp3) is 0.250. The molecule has 2 rings (SSSR count). The first kappa shape index (κ1) is 13.0. The highest BCUT2D eigenvalue weighted by Crippen LogP contribution is 2.19. The van der Waals surface area contributed by atoms with E-state index in [9.17, 15) is 4.79 Å². The maximum absolute atomic E-state index is 10.7. The second-order valence-electron chi connectivity index (χ2n) is 4.16. The van der Waals surface area contributed by atoms with Gasteiger partial charge in [-0.1, -0.05) is 24.3 Å². The third kappa shape index (κ3) is 3.08. The molecule has 98 valence electrons. The highest BCUT2D eigenvalue weighted by Gasteiger charge is 2.12. The van der Waals surface area contributed by atoms with Crippen LogP contribution in [0.5, 0.6) is 0 Å². The molecule has 1 atom stereocenters. The average Bonchev–Trinajstić information content (AvgIpc) is 2.40. The highest BCUT2D eigenvalue weighted by molar-refractivity contribution is 5.73. The molecule has 0 aliphatic rings. The van der Waals surface area contributed by atoms with E-state index in [1.54, 1.807) is 6.92 Å². The van der Waals surface area contributed by atoms with Crippen LogP contribution in [0, 0.1) is 6.92 Å². The lowest BCUT2D eigenvalue weighted by atomic mass is 10.0. The van der Waals surface area contributed by atoms with Gasteiger partial charge < -0.3 is 10.8 Å². The van der Waals surface area contributed by atoms with Crippen LogP contribution in [-0.2, 0) is 11.2 Å². The van der Waals surface area contributed by atoms with Crippen molar-refractivity contribution in [1.29, 1.82) is 0 Å².